The third-order valence-electron chi connectivity index (χ3n) is 4.96. The van der Waals surface area contributed by atoms with Crippen molar-refractivity contribution in [3.05, 3.63) is 66.7 Å². The zero-order chi connectivity index (χ0) is 20.3. The van der Waals surface area contributed by atoms with E-state index in [4.69, 9.17) is 4.74 Å². The maximum absolute atomic E-state index is 12.5. The van der Waals surface area contributed by atoms with Crippen molar-refractivity contribution in [1.82, 2.24) is 4.31 Å². The molecule has 150 valence electrons. The summed E-state index contributed by atoms with van der Waals surface area (Å²) in [5.41, 5.74) is 0.726. The van der Waals surface area contributed by atoms with Crippen LogP contribution in [0.15, 0.2) is 71.6 Å². The molecule has 6 nitrogen and oxygen atoms in total. The average Bonchev–Trinajstić information content (AvgIpc) is 3.29. The van der Waals surface area contributed by atoms with E-state index in [0.717, 1.165) is 29.3 Å². The Labute approximate surface area is 170 Å². The first-order valence-corrected chi connectivity index (χ1v) is 11.0. The van der Waals surface area contributed by atoms with Gasteiger partial charge < -0.3 is 10.1 Å². The first kappa shape index (κ1) is 19.4. The average molecular weight is 410 g/mol. The molecular weight excluding hydrogens is 388 g/mol. The Kier molecular flexibility index (Phi) is 5.51. The van der Waals surface area contributed by atoms with E-state index >= 15 is 0 Å². The summed E-state index contributed by atoms with van der Waals surface area (Å²) in [6, 6.07) is 19.7. The number of hydrogen-bond acceptors (Lipinski definition) is 4. The lowest BCUT2D eigenvalue weighted by molar-refractivity contribution is -0.118. The number of rotatable bonds is 6. The van der Waals surface area contributed by atoms with E-state index in [1.807, 2.05) is 42.5 Å². The van der Waals surface area contributed by atoms with Crippen molar-refractivity contribution in [2.45, 2.75) is 17.7 Å². The molecule has 1 N–H and O–H groups in total. The summed E-state index contributed by atoms with van der Waals surface area (Å²) in [7, 11) is -3.45. The molecule has 3 aromatic carbocycles. The Bertz CT molecular complexity index is 1120. The molecule has 1 aliphatic heterocycles. The SMILES string of the molecule is O=C(COc1ccc(S(=O)(=O)N2CCCC2)cc1)Nc1cccc2ccccc12. The molecule has 0 saturated carbocycles. The largest absolute Gasteiger partial charge is 0.484 e. The molecule has 0 spiro atoms. The van der Waals surface area contributed by atoms with Crippen molar-refractivity contribution in [2.75, 3.05) is 25.0 Å². The summed E-state index contributed by atoms with van der Waals surface area (Å²) in [4.78, 5) is 12.5. The molecule has 29 heavy (non-hydrogen) atoms. The highest BCUT2D eigenvalue weighted by Gasteiger charge is 2.26. The Morgan fingerprint density at radius 3 is 2.38 bits per heavy atom. The van der Waals surface area contributed by atoms with Gasteiger partial charge in [-0.3, -0.25) is 4.79 Å². The maximum atomic E-state index is 12.5. The van der Waals surface area contributed by atoms with Gasteiger partial charge in [-0.15, -0.1) is 0 Å². The number of hydrogen-bond donors (Lipinski definition) is 1. The maximum Gasteiger partial charge on any atom is 0.262 e. The molecule has 0 radical (unpaired) electrons. The molecule has 4 rings (SSSR count). The summed E-state index contributed by atoms with van der Waals surface area (Å²) in [6.45, 7) is 0.964. The first-order chi connectivity index (χ1) is 14.0. The highest BCUT2D eigenvalue weighted by atomic mass is 32.2. The third-order valence-corrected chi connectivity index (χ3v) is 6.87. The van der Waals surface area contributed by atoms with Crippen molar-refractivity contribution in [3.8, 4) is 5.75 Å². The van der Waals surface area contributed by atoms with Gasteiger partial charge in [0.15, 0.2) is 6.61 Å². The number of carbonyl (C=O) groups is 1. The Balaban J connectivity index is 1.38. The second-order valence-electron chi connectivity index (χ2n) is 6.95. The van der Waals surface area contributed by atoms with E-state index in [2.05, 4.69) is 5.32 Å². The van der Waals surface area contributed by atoms with Crippen LogP contribution in [0, 0.1) is 0 Å². The zero-order valence-electron chi connectivity index (χ0n) is 15.9. The number of benzene rings is 3. The molecule has 0 unspecified atom stereocenters. The van der Waals surface area contributed by atoms with Crippen molar-refractivity contribution in [2.24, 2.45) is 0 Å². The van der Waals surface area contributed by atoms with Crippen LogP contribution in [0.5, 0.6) is 5.75 Å². The smallest absolute Gasteiger partial charge is 0.262 e. The molecule has 1 aliphatic rings. The third kappa shape index (κ3) is 4.26. The summed E-state index contributed by atoms with van der Waals surface area (Å²) in [6.07, 6.45) is 1.79. The summed E-state index contributed by atoms with van der Waals surface area (Å²) in [5, 5.41) is 4.86. The van der Waals surface area contributed by atoms with Crippen LogP contribution in [0.2, 0.25) is 0 Å². The molecule has 0 aliphatic carbocycles. The predicted molar refractivity (Wildman–Crippen MR) is 113 cm³/mol. The first-order valence-electron chi connectivity index (χ1n) is 9.55. The fourth-order valence-corrected chi connectivity index (χ4v) is 4.97. The fraction of sp³-hybridized carbons (Fsp3) is 0.227. The van der Waals surface area contributed by atoms with Gasteiger partial charge in [0.05, 0.1) is 4.90 Å². The number of amides is 1. The Morgan fingerprint density at radius 1 is 0.931 bits per heavy atom. The highest BCUT2D eigenvalue weighted by molar-refractivity contribution is 7.89. The minimum absolute atomic E-state index is 0.165. The van der Waals surface area contributed by atoms with E-state index in [-0.39, 0.29) is 17.4 Å². The highest BCUT2D eigenvalue weighted by Crippen LogP contribution is 2.24. The predicted octanol–water partition coefficient (Wildman–Crippen LogP) is 3.64. The number of sulfonamides is 1. The lowest BCUT2D eigenvalue weighted by atomic mass is 10.1. The lowest BCUT2D eigenvalue weighted by Gasteiger charge is -2.15. The van der Waals surface area contributed by atoms with E-state index in [9.17, 15) is 13.2 Å². The lowest BCUT2D eigenvalue weighted by Crippen LogP contribution is -2.27. The van der Waals surface area contributed by atoms with Gasteiger partial charge >= 0.3 is 0 Å². The van der Waals surface area contributed by atoms with Gasteiger partial charge in [0.2, 0.25) is 10.0 Å². The minimum atomic E-state index is -3.45. The van der Waals surface area contributed by atoms with E-state index in [1.165, 1.54) is 16.4 Å². The molecule has 0 bridgehead atoms. The van der Waals surface area contributed by atoms with Crippen LogP contribution in [-0.4, -0.2) is 38.3 Å². The molecule has 7 heteroatoms. The second kappa shape index (κ2) is 8.23. The van der Waals surface area contributed by atoms with Crippen molar-refractivity contribution in [1.29, 1.82) is 0 Å². The van der Waals surface area contributed by atoms with Gasteiger partial charge in [-0.05, 0) is 48.6 Å². The molecule has 3 aromatic rings. The number of anilines is 1. The van der Waals surface area contributed by atoms with Crippen molar-refractivity contribution in [3.63, 3.8) is 0 Å². The van der Waals surface area contributed by atoms with Gasteiger partial charge in [0, 0.05) is 24.2 Å². The van der Waals surface area contributed by atoms with Gasteiger partial charge in [-0.25, -0.2) is 8.42 Å². The van der Waals surface area contributed by atoms with Crippen LogP contribution < -0.4 is 10.1 Å². The van der Waals surface area contributed by atoms with Crippen LogP contribution >= 0.6 is 0 Å². The number of ether oxygens (including phenoxy) is 1. The molecule has 1 heterocycles. The van der Waals surface area contributed by atoms with Crippen molar-refractivity contribution < 1.29 is 17.9 Å². The van der Waals surface area contributed by atoms with Gasteiger partial charge in [0.1, 0.15) is 5.75 Å². The Morgan fingerprint density at radius 2 is 1.62 bits per heavy atom. The molecule has 1 saturated heterocycles. The quantitative estimate of drug-likeness (QED) is 0.673. The topological polar surface area (TPSA) is 75.7 Å². The van der Waals surface area contributed by atoms with Crippen LogP contribution in [0.1, 0.15) is 12.8 Å². The van der Waals surface area contributed by atoms with Crippen molar-refractivity contribution >= 4 is 32.4 Å². The van der Waals surface area contributed by atoms with Crippen LogP contribution in [-0.2, 0) is 14.8 Å². The zero-order valence-corrected chi connectivity index (χ0v) is 16.7. The van der Waals surface area contributed by atoms with Crippen LogP contribution in [0.4, 0.5) is 5.69 Å². The minimum Gasteiger partial charge on any atom is -0.484 e. The number of fused-ring (bicyclic) bond motifs is 1. The van der Waals surface area contributed by atoms with Gasteiger partial charge in [0.25, 0.3) is 5.91 Å². The molecule has 1 amide bonds. The number of carbonyl (C=O) groups excluding carboxylic acids is 1. The fourth-order valence-electron chi connectivity index (χ4n) is 3.45. The standard InChI is InChI=1S/C22H22N2O4S/c25-22(23-21-9-5-7-17-6-1-2-8-20(17)21)16-28-18-10-12-19(13-11-18)29(26,27)24-14-3-4-15-24/h1-2,5-13H,3-4,14-16H2,(H,23,25). The molecule has 0 atom stereocenters. The number of nitrogens with one attached hydrogen (secondary N) is 1. The molecule has 0 aromatic heterocycles. The summed E-state index contributed by atoms with van der Waals surface area (Å²) in [5.74, 6) is 0.161. The second-order valence-corrected chi connectivity index (χ2v) is 8.88. The monoisotopic (exact) mass is 410 g/mol. The Hall–Kier alpha value is -2.90. The summed E-state index contributed by atoms with van der Waals surface area (Å²) >= 11 is 0. The van der Waals surface area contributed by atoms with Crippen LogP contribution in [0.25, 0.3) is 10.8 Å². The van der Waals surface area contributed by atoms with E-state index in [1.54, 1.807) is 12.1 Å². The number of nitrogens with zero attached hydrogens (tertiary/aromatic N) is 1. The van der Waals surface area contributed by atoms with Crippen LogP contribution in [0.3, 0.4) is 0 Å². The molecular formula is C22H22N2O4S. The molecule has 1 fully saturated rings. The normalized spacial score (nSPS) is 14.8. The van der Waals surface area contributed by atoms with E-state index < -0.39 is 10.0 Å². The summed E-state index contributed by atoms with van der Waals surface area (Å²) < 4.78 is 32.1. The van der Waals surface area contributed by atoms with Gasteiger partial charge in [-0.2, -0.15) is 4.31 Å². The van der Waals surface area contributed by atoms with Gasteiger partial charge in [-0.1, -0.05) is 36.4 Å². The van der Waals surface area contributed by atoms with E-state index in [0.29, 0.717) is 18.8 Å².